The van der Waals surface area contributed by atoms with Gasteiger partial charge in [-0.05, 0) is 37.8 Å². The SMILES string of the molecule is CC1CCCN(C(=O)c2c(Cl)cccc2S(=O)(=O)Cl)C1C. The van der Waals surface area contributed by atoms with Gasteiger partial charge in [0, 0.05) is 23.3 Å². The molecule has 1 saturated heterocycles. The zero-order valence-corrected chi connectivity index (χ0v) is 14.2. The summed E-state index contributed by atoms with van der Waals surface area (Å²) in [6.07, 6.45) is 1.94. The summed E-state index contributed by atoms with van der Waals surface area (Å²) in [5, 5.41) is 0.104. The lowest BCUT2D eigenvalue weighted by Crippen LogP contribution is -2.46. The van der Waals surface area contributed by atoms with Crippen molar-refractivity contribution >= 4 is 37.2 Å². The molecule has 4 nitrogen and oxygen atoms in total. The summed E-state index contributed by atoms with van der Waals surface area (Å²) < 4.78 is 23.4. The molecule has 2 rings (SSSR count). The van der Waals surface area contributed by atoms with Gasteiger partial charge in [0.25, 0.3) is 15.0 Å². The second kappa shape index (κ2) is 6.15. The molecule has 0 bridgehead atoms. The summed E-state index contributed by atoms with van der Waals surface area (Å²) in [6, 6.07) is 4.31. The largest absolute Gasteiger partial charge is 0.336 e. The minimum atomic E-state index is -4.03. The summed E-state index contributed by atoms with van der Waals surface area (Å²) >= 11 is 6.06. The molecule has 1 aliphatic rings. The van der Waals surface area contributed by atoms with E-state index in [2.05, 4.69) is 6.92 Å². The Bertz CT molecular complexity index is 660. The average molecular weight is 350 g/mol. The van der Waals surface area contributed by atoms with Crippen molar-refractivity contribution in [2.45, 2.75) is 37.6 Å². The summed E-state index contributed by atoms with van der Waals surface area (Å²) in [5.41, 5.74) is -0.0323. The Kier molecular flexibility index (Phi) is 4.85. The number of piperidine rings is 1. The minimum Gasteiger partial charge on any atom is -0.336 e. The van der Waals surface area contributed by atoms with Gasteiger partial charge in [0.1, 0.15) is 0 Å². The fourth-order valence-corrected chi connectivity index (χ4v) is 4.06. The minimum absolute atomic E-state index is 0.0323. The molecule has 0 aliphatic carbocycles. The smallest absolute Gasteiger partial charge is 0.262 e. The molecule has 1 fully saturated rings. The van der Waals surface area contributed by atoms with E-state index >= 15 is 0 Å². The first kappa shape index (κ1) is 16.6. The summed E-state index contributed by atoms with van der Waals surface area (Å²) in [4.78, 5) is 14.2. The van der Waals surface area contributed by atoms with Gasteiger partial charge in [-0.25, -0.2) is 8.42 Å². The molecule has 2 atom stereocenters. The van der Waals surface area contributed by atoms with Crippen molar-refractivity contribution in [3.05, 3.63) is 28.8 Å². The molecule has 0 radical (unpaired) electrons. The van der Waals surface area contributed by atoms with E-state index in [9.17, 15) is 13.2 Å². The van der Waals surface area contributed by atoms with Gasteiger partial charge < -0.3 is 4.90 Å². The van der Waals surface area contributed by atoms with Crippen molar-refractivity contribution in [2.24, 2.45) is 5.92 Å². The molecular formula is C14H17Cl2NO3S. The van der Waals surface area contributed by atoms with Gasteiger partial charge in [-0.3, -0.25) is 4.79 Å². The lowest BCUT2D eigenvalue weighted by atomic mass is 9.91. The van der Waals surface area contributed by atoms with Gasteiger partial charge in [-0.1, -0.05) is 24.6 Å². The molecule has 1 heterocycles. The molecule has 0 N–H and O–H groups in total. The van der Waals surface area contributed by atoms with E-state index < -0.39 is 9.05 Å². The Balaban J connectivity index is 2.49. The standard InChI is InChI=1S/C14H17Cl2NO3S/c1-9-5-4-8-17(10(9)2)14(18)13-11(15)6-3-7-12(13)21(16,19)20/h3,6-7,9-10H,4-5,8H2,1-2H3. The van der Waals surface area contributed by atoms with Crippen LogP contribution >= 0.6 is 22.3 Å². The molecule has 1 aromatic rings. The zero-order valence-electron chi connectivity index (χ0n) is 11.8. The van der Waals surface area contributed by atoms with Crippen molar-refractivity contribution in [2.75, 3.05) is 6.54 Å². The molecule has 116 valence electrons. The van der Waals surface area contributed by atoms with Crippen molar-refractivity contribution in [1.82, 2.24) is 4.90 Å². The molecule has 1 aliphatic heterocycles. The number of carbonyl (C=O) groups is 1. The Morgan fingerprint density at radius 2 is 2.00 bits per heavy atom. The van der Waals surface area contributed by atoms with Crippen LogP contribution in [0.1, 0.15) is 37.0 Å². The van der Waals surface area contributed by atoms with Crippen LogP contribution in [-0.2, 0) is 9.05 Å². The van der Waals surface area contributed by atoms with E-state index in [0.717, 1.165) is 12.8 Å². The van der Waals surface area contributed by atoms with Crippen LogP contribution in [0.5, 0.6) is 0 Å². The zero-order chi connectivity index (χ0) is 15.8. The summed E-state index contributed by atoms with van der Waals surface area (Å²) in [5.74, 6) is -0.0138. The van der Waals surface area contributed by atoms with Gasteiger partial charge in [0.15, 0.2) is 0 Å². The van der Waals surface area contributed by atoms with Gasteiger partial charge in [0.05, 0.1) is 15.5 Å². The van der Waals surface area contributed by atoms with Crippen LogP contribution in [0.3, 0.4) is 0 Å². The lowest BCUT2D eigenvalue weighted by molar-refractivity contribution is 0.0547. The summed E-state index contributed by atoms with van der Waals surface area (Å²) in [7, 11) is 1.40. The monoisotopic (exact) mass is 349 g/mol. The molecule has 0 spiro atoms. The van der Waals surface area contributed by atoms with E-state index in [1.165, 1.54) is 18.2 Å². The number of likely N-dealkylation sites (tertiary alicyclic amines) is 1. The average Bonchev–Trinajstić information content (AvgIpc) is 2.40. The highest BCUT2D eigenvalue weighted by molar-refractivity contribution is 8.13. The second-order valence-corrected chi connectivity index (χ2v) is 8.35. The van der Waals surface area contributed by atoms with E-state index in [0.29, 0.717) is 12.5 Å². The molecule has 1 amide bonds. The van der Waals surface area contributed by atoms with Crippen LogP contribution < -0.4 is 0 Å². The highest BCUT2D eigenvalue weighted by atomic mass is 35.7. The van der Waals surface area contributed by atoms with Crippen molar-refractivity contribution < 1.29 is 13.2 Å². The highest BCUT2D eigenvalue weighted by Crippen LogP contribution is 2.31. The Labute approximate surface area is 134 Å². The molecule has 7 heteroatoms. The topological polar surface area (TPSA) is 54.5 Å². The number of rotatable bonds is 2. The molecule has 1 aromatic carbocycles. The Morgan fingerprint density at radius 3 is 2.62 bits per heavy atom. The maximum Gasteiger partial charge on any atom is 0.262 e. The van der Waals surface area contributed by atoms with Crippen LogP contribution in [0.25, 0.3) is 0 Å². The van der Waals surface area contributed by atoms with E-state index in [1.54, 1.807) is 4.90 Å². The lowest BCUT2D eigenvalue weighted by Gasteiger charge is -2.38. The maximum absolute atomic E-state index is 12.8. The molecule has 21 heavy (non-hydrogen) atoms. The first-order valence-corrected chi connectivity index (χ1v) is 9.46. The molecule has 2 unspecified atom stereocenters. The first-order valence-electron chi connectivity index (χ1n) is 6.77. The van der Waals surface area contributed by atoms with Crippen molar-refractivity contribution in [3.63, 3.8) is 0 Å². The predicted octanol–water partition coefficient (Wildman–Crippen LogP) is 3.53. The number of hydrogen-bond acceptors (Lipinski definition) is 3. The number of amides is 1. The number of nitrogens with zero attached hydrogens (tertiary/aromatic N) is 1. The maximum atomic E-state index is 12.8. The number of benzene rings is 1. The third kappa shape index (κ3) is 3.35. The number of carbonyl (C=O) groups excluding carboxylic acids is 1. The third-order valence-electron chi connectivity index (χ3n) is 4.09. The fraction of sp³-hybridized carbons (Fsp3) is 0.500. The Hall–Kier alpha value is -0.780. The van der Waals surface area contributed by atoms with E-state index in [4.69, 9.17) is 22.3 Å². The van der Waals surface area contributed by atoms with Crippen LogP contribution in [0.15, 0.2) is 23.1 Å². The van der Waals surface area contributed by atoms with E-state index in [1.807, 2.05) is 6.92 Å². The molecule has 0 saturated carbocycles. The van der Waals surface area contributed by atoms with Crippen molar-refractivity contribution in [1.29, 1.82) is 0 Å². The van der Waals surface area contributed by atoms with Crippen LogP contribution in [0.2, 0.25) is 5.02 Å². The fourth-order valence-electron chi connectivity index (χ4n) is 2.68. The van der Waals surface area contributed by atoms with Gasteiger partial charge >= 0.3 is 0 Å². The van der Waals surface area contributed by atoms with Crippen LogP contribution in [0, 0.1) is 5.92 Å². The summed E-state index contributed by atoms with van der Waals surface area (Å²) in [6.45, 7) is 4.64. The number of hydrogen-bond donors (Lipinski definition) is 0. The Morgan fingerprint density at radius 1 is 1.33 bits per heavy atom. The number of halogens is 2. The van der Waals surface area contributed by atoms with E-state index in [-0.39, 0.29) is 27.4 Å². The normalized spacial score (nSPS) is 23.1. The van der Waals surface area contributed by atoms with Crippen molar-refractivity contribution in [3.8, 4) is 0 Å². The van der Waals surface area contributed by atoms with Gasteiger partial charge in [-0.15, -0.1) is 0 Å². The van der Waals surface area contributed by atoms with Gasteiger partial charge in [-0.2, -0.15) is 0 Å². The van der Waals surface area contributed by atoms with Crippen LogP contribution in [0.4, 0.5) is 0 Å². The van der Waals surface area contributed by atoms with Crippen LogP contribution in [-0.4, -0.2) is 31.8 Å². The molecular weight excluding hydrogens is 333 g/mol. The first-order chi connectivity index (χ1) is 9.73. The third-order valence-corrected chi connectivity index (χ3v) is 5.77. The molecule has 0 aromatic heterocycles. The predicted molar refractivity (Wildman–Crippen MR) is 83.4 cm³/mol. The quantitative estimate of drug-likeness (QED) is 0.767. The highest BCUT2D eigenvalue weighted by Gasteiger charge is 2.33. The second-order valence-electron chi connectivity index (χ2n) is 5.41. The van der Waals surface area contributed by atoms with Gasteiger partial charge in [0.2, 0.25) is 0 Å².